The fraction of sp³-hybridized carbons (Fsp3) is 0.154. The summed E-state index contributed by atoms with van der Waals surface area (Å²) in [4.78, 5) is 27.0. The van der Waals surface area contributed by atoms with Gasteiger partial charge >= 0.3 is 0 Å². The number of thioether (sulfide) groups is 1. The van der Waals surface area contributed by atoms with Crippen molar-refractivity contribution in [1.82, 2.24) is 0 Å². The van der Waals surface area contributed by atoms with Gasteiger partial charge in [-0.25, -0.2) is 4.90 Å². The Hall–Kier alpha value is -3.22. The van der Waals surface area contributed by atoms with Crippen LogP contribution in [0.4, 0.5) is 10.5 Å². The molecule has 0 aliphatic carbocycles. The van der Waals surface area contributed by atoms with Gasteiger partial charge in [-0.15, -0.1) is 0 Å². The Kier molecular flexibility index (Phi) is 7.06. The molecule has 0 saturated carbocycles. The number of hydrogen-bond donors (Lipinski definition) is 0. The maximum Gasteiger partial charge on any atom is 0.298 e. The van der Waals surface area contributed by atoms with E-state index in [0.29, 0.717) is 40.3 Å². The predicted octanol–water partition coefficient (Wildman–Crippen LogP) is 6.87. The van der Waals surface area contributed by atoms with E-state index in [2.05, 4.69) is 0 Å². The Morgan fingerprint density at radius 2 is 1.76 bits per heavy atom. The molecule has 4 rings (SSSR count). The van der Waals surface area contributed by atoms with Crippen molar-refractivity contribution >= 4 is 46.3 Å². The lowest BCUT2D eigenvalue weighted by Crippen LogP contribution is -2.27. The van der Waals surface area contributed by atoms with Crippen molar-refractivity contribution in [2.75, 3.05) is 11.5 Å². The van der Waals surface area contributed by atoms with E-state index < -0.39 is 0 Å². The van der Waals surface area contributed by atoms with Crippen molar-refractivity contribution in [1.29, 1.82) is 0 Å². The van der Waals surface area contributed by atoms with Crippen molar-refractivity contribution in [3.05, 3.63) is 93.3 Å². The maximum atomic E-state index is 12.9. The lowest BCUT2D eigenvalue weighted by molar-refractivity contribution is -0.113. The summed E-state index contributed by atoms with van der Waals surface area (Å²) < 4.78 is 11.7. The summed E-state index contributed by atoms with van der Waals surface area (Å²) in [6.45, 7) is 4.64. The summed E-state index contributed by atoms with van der Waals surface area (Å²) in [6, 6.07) is 20.2. The minimum atomic E-state index is -0.336. The van der Waals surface area contributed by atoms with E-state index in [0.717, 1.165) is 28.5 Å². The summed E-state index contributed by atoms with van der Waals surface area (Å²) in [5.41, 5.74) is 3.27. The topological polar surface area (TPSA) is 55.8 Å². The van der Waals surface area contributed by atoms with Gasteiger partial charge in [-0.1, -0.05) is 41.9 Å². The number of rotatable bonds is 7. The molecule has 0 unspecified atom stereocenters. The van der Waals surface area contributed by atoms with Crippen LogP contribution in [0.25, 0.3) is 6.08 Å². The molecule has 1 aliphatic rings. The van der Waals surface area contributed by atoms with E-state index in [9.17, 15) is 9.59 Å². The third-order valence-corrected chi connectivity index (χ3v) is 6.05. The van der Waals surface area contributed by atoms with Crippen LogP contribution in [0.15, 0.2) is 71.6 Å². The quantitative estimate of drug-likeness (QED) is 0.346. The number of halogens is 1. The highest BCUT2D eigenvalue weighted by Gasteiger charge is 2.36. The maximum absolute atomic E-state index is 12.9. The molecule has 168 valence electrons. The molecule has 1 fully saturated rings. The average Bonchev–Trinajstić information content (AvgIpc) is 3.07. The Balaban J connectivity index is 1.55. The molecule has 1 aliphatic heterocycles. The van der Waals surface area contributed by atoms with Crippen molar-refractivity contribution in [3.8, 4) is 11.5 Å². The number of hydrogen-bond acceptors (Lipinski definition) is 5. The number of benzene rings is 3. The Bertz CT molecular complexity index is 1220. The zero-order valence-electron chi connectivity index (χ0n) is 18.2. The number of nitrogens with zero attached hydrogens (tertiary/aromatic N) is 1. The second-order valence-corrected chi connectivity index (χ2v) is 8.84. The number of anilines is 1. The van der Waals surface area contributed by atoms with Gasteiger partial charge < -0.3 is 9.47 Å². The predicted molar refractivity (Wildman–Crippen MR) is 133 cm³/mol. The second-order valence-electron chi connectivity index (χ2n) is 7.41. The third kappa shape index (κ3) is 5.41. The smallest absolute Gasteiger partial charge is 0.298 e. The molecule has 33 heavy (non-hydrogen) atoms. The number of carbonyl (C=O) groups excluding carboxylic acids is 2. The molecule has 0 aromatic heterocycles. The van der Waals surface area contributed by atoms with Gasteiger partial charge in [0.25, 0.3) is 11.1 Å². The van der Waals surface area contributed by atoms with Crippen LogP contribution in [-0.2, 0) is 11.4 Å². The SMILES string of the molecule is CCOc1cc(/C=C2\SC(=O)N(c3cccc(C)c3)C2=O)ccc1OCc1ccc(Cl)cc1. The van der Waals surface area contributed by atoms with E-state index >= 15 is 0 Å². The first-order valence-corrected chi connectivity index (χ1v) is 11.6. The summed E-state index contributed by atoms with van der Waals surface area (Å²) >= 11 is 6.86. The molecule has 0 bridgehead atoms. The van der Waals surface area contributed by atoms with Gasteiger partial charge in [-0.2, -0.15) is 0 Å². The number of amides is 2. The minimum Gasteiger partial charge on any atom is -0.490 e. The molecule has 0 radical (unpaired) electrons. The molecular formula is C26H22ClNO4S. The standard InChI is InChI=1S/C26H22ClNO4S/c1-3-31-23-14-19(9-12-22(23)32-16-18-7-10-20(27)11-8-18)15-24-25(29)28(26(30)33-24)21-6-4-5-17(2)13-21/h4-15H,3,16H2,1-2H3/b24-15-. The summed E-state index contributed by atoms with van der Waals surface area (Å²) in [5.74, 6) is 0.826. The van der Waals surface area contributed by atoms with E-state index in [1.165, 1.54) is 4.90 Å². The summed E-state index contributed by atoms with van der Waals surface area (Å²) in [6.07, 6.45) is 1.70. The van der Waals surface area contributed by atoms with Gasteiger partial charge in [-0.3, -0.25) is 9.59 Å². The third-order valence-electron chi connectivity index (χ3n) is 4.93. The van der Waals surface area contributed by atoms with Crippen molar-refractivity contribution in [2.24, 2.45) is 0 Å². The Labute approximate surface area is 202 Å². The molecule has 1 heterocycles. The summed E-state index contributed by atoms with van der Waals surface area (Å²) in [7, 11) is 0. The zero-order chi connectivity index (χ0) is 23.4. The van der Waals surface area contributed by atoms with Crippen LogP contribution in [0.2, 0.25) is 5.02 Å². The van der Waals surface area contributed by atoms with Gasteiger partial charge in [0.1, 0.15) is 6.61 Å². The second kappa shape index (κ2) is 10.1. The van der Waals surface area contributed by atoms with Gasteiger partial charge in [0.2, 0.25) is 0 Å². The molecule has 3 aromatic carbocycles. The fourth-order valence-electron chi connectivity index (χ4n) is 3.35. The molecule has 1 saturated heterocycles. The largest absolute Gasteiger partial charge is 0.490 e. The highest BCUT2D eigenvalue weighted by molar-refractivity contribution is 8.19. The zero-order valence-corrected chi connectivity index (χ0v) is 19.8. The molecule has 5 nitrogen and oxygen atoms in total. The van der Waals surface area contributed by atoms with Crippen LogP contribution in [0.3, 0.4) is 0 Å². The van der Waals surface area contributed by atoms with Crippen LogP contribution in [0.1, 0.15) is 23.6 Å². The van der Waals surface area contributed by atoms with Gasteiger partial charge in [0, 0.05) is 5.02 Å². The highest BCUT2D eigenvalue weighted by Crippen LogP contribution is 2.37. The Morgan fingerprint density at radius 1 is 0.970 bits per heavy atom. The molecular weight excluding hydrogens is 458 g/mol. The lowest BCUT2D eigenvalue weighted by atomic mass is 10.1. The lowest BCUT2D eigenvalue weighted by Gasteiger charge is -2.13. The van der Waals surface area contributed by atoms with Crippen LogP contribution in [0.5, 0.6) is 11.5 Å². The summed E-state index contributed by atoms with van der Waals surface area (Å²) in [5, 5.41) is 0.356. The number of carbonyl (C=O) groups is 2. The van der Waals surface area contributed by atoms with Crippen molar-refractivity contribution < 1.29 is 19.1 Å². The van der Waals surface area contributed by atoms with E-state index in [1.54, 1.807) is 24.3 Å². The normalized spacial score (nSPS) is 14.8. The van der Waals surface area contributed by atoms with Gasteiger partial charge in [0.15, 0.2) is 11.5 Å². The highest BCUT2D eigenvalue weighted by atomic mass is 35.5. The molecule has 0 N–H and O–H groups in total. The first-order chi connectivity index (χ1) is 15.9. The number of imide groups is 1. The van der Waals surface area contributed by atoms with Crippen molar-refractivity contribution in [3.63, 3.8) is 0 Å². The van der Waals surface area contributed by atoms with Crippen LogP contribution >= 0.6 is 23.4 Å². The Morgan fingerprint density at radius 3 is 2.48 bits per heavy atom. The monoisotopic (exact) mass is 479 g/mol. The molecule has 0 atom stereocenters. The van der Waals surface area contributed by atoms with Gasteiger partial charge in [-0.05, 0) is 84.8 Å². The van der Waals surface area contributed by atoms with E-state index in [4.69, 9.17) is 21.1 Å². The van der Waals surface area contributed by atoms with E-state index in [1.807, 2.05) is 62.4 Å². The van der Waals surface area contributed by atoms with E-state index in [-0.39, 0.29) is 11.1 Å². The van der Waals surface area contributed by atoms with Crippen LogP contribution in [-0.4, -0.2) is 17.8 Å². The number of ether oxygens (including phenoxy) is 2. The van der Waals surface area contributed by atoms with Crippen LogP contribution in [0, 0.1) is 6.92 Å². The molecule has 7 heteroatoms. The average molecular weight is 480 g/mol. The number of aryl methyl sites for hydroxylation is 1. The molecule has 3 aromatic rings. The minimum absolute atomic E-state index is 0.315. The fourth-order valence-corrected chi connectivity index (χ4v) is 4.32. The van der Waals surface area contributed by atoms with Gasteiger partial charge in [0.05, 0.1) is 17.2 Å². The molecule has 2 amide bonds. The molecule has 0 spiro atoms. The van der Waals surface area contributed by atoms with Crippen molar-refractivity contribution in [2.45, 2.75) is 20.5 Å². The van der Waals surface area contributed by atoms with Crippen LogP contribution < -0.4 is 14.4 Å². The first kappa shape index (κ1) is 23.0. The first-order valence-electron chi connectivity index (χ1n) is 10.4.